The lowest BCUT2D eigenvalue weighted by Gasteiger charge is -2.14. The van der Waals surface area contributed by atoms with E-state index < -0.39 is 0 Å². The summed E-state index contributed by atoms with van der Waals surface area (Å²) in [7, 11) is 0. The van der Waals surface area contributed by atoms with Gasteiger partial charge in [0.1, 0.15) is 0 Å². The third kappa shape index (κ3) is 3.32. The van der Waals surface area contributed by atoms with Gasteiger partial charge >= 0.3 is 0 Å². The zero-order valence-electron chi connectivity index (χ0n) is 7.50. The van der Waals surface area contributed by atoms with Crippen molar-refractivity contribution in [1.82, 2.24) is 4.98 Å². The summed E-state index contributed by atoms with van der Waals surface area (Å²) in [6.45, 7) is 2.24. The van der Waals surface area contributed by atoms with E-state index in [2.05, 4.69) is 26.2 Å². The molecule has 0 aliphatic carbocycles. The normalized spacial score (nSPS) is 12.5. The smallest absolute Gasteiger partial charge is 0.0590 e. The van der Waals surface area contributed by atoms with Crippen LogP contribution < -0.4 is 5.32 Å². The maximum Gasteiger partial charge on any atom is 0.0590 e. The van der Waals surface area contributed by atoms with E-state index in [9.17, 15) is 0 Å². The Bertz CT molecular complexity index is 268. The first kappa shape index (κ1) is 10.5. The highest BCUT2D eigenvalue weighted by Crippen LogP contribution is 2.20. The van der Waals surface area contributed by atoms with Crippen molar-refractivity contribution in [3.05, 3.63) is 22.9 Å². The molecular weight excluding hydrogens is 232 g/mol. The van der Waals surface area contributed by atoms with Gasteiger partial charge in [-0.3, -0.25) is 4.98 Å². The Balaban J connectivity index is 2.58. The SMILES string of the molecule is CC(CCO)Nc1ccncc1Br. The maximum absolute atomic E-state index is 8.72. The Morgan fingerprint density at radius 3 is 3.08 bits per heavy atom. The van der Waals surface area contributed by atoms with Crippen molar-refractivity contribution < 1.29 is 5.11 Å². The van der Waals surface area contributed by atoms with Crippen LogP contribution in [-0.2, 0) is 0 Å². The molecule has 0 saturated heterocycles. The Kier molecular flexibility index (Phi) is 4.18. The van der Waals surface area contributed by atoms with Crippen molar-refractivity contribution in [3.63, 3.8) is 0 Å². The molecule has 4 heteroatoms. The van der Waals surface area contributed by atoms with Crippen molar-refractivity contribution in [2.45, 2.75) is 19.4 Å². The summed E-state index contributed by atoms with van der Waals surface area (Å²) in [4.78, 5) is 3.96. The first-order valence-corrected chi connectivity index (χ1v) is 5.00. The number of pyridine rings is 1. The second kappa shape index (κ2) is 5.19. The van der Waals surface area contributed by atoms with Crippen LogP contribution in [0.15, 0.2) is 22.9 Å². The van der Waals surface area contributed by atoms with Gasteiger partial charge in [-0.2, -0.15) is 0 Å². The third-order valence-electron chi connectivity index (χ3n) is 1.74. The van der Waals surface area contributed by atoms with E-state index in [0.29, 0.717) is 0 Å². The first-order valence-electron chi connectivity index (χ1n) is 4.21. The molecule has 0 bridgehead atoms. The van der Waals surface area contributed by atoms with Crippen molar-refractivity contribution in [1.29, 1.82) is 0 Å². The van der Waals surface area contributed by atoms with Gasteiger partial charge < -0.3 is 10.4 Å². The summed E-state index contributed by atoms with van der Waals surface area (Å²) < 4.78 is 0.944. The molecular formula is C9H13BrN2O. The summed E-state index contributed by atoms with van der Waals surface area (Å²) in [5, 5.41) is 12.0. The van der Waals surface area contributed by atoms with Crippen LogP contribution in [0.4, 0.5) is 5.69 Å². The number of nitrogens with one attached hydrogen (secondary N) is 1. The monoisotopic (exact) mass is 244 g/mol. The van der Waals surface area contributed by atoms with Gasteiger partial charge in [0.05, 0.1) is 10.2 Å². The van der Waals surface area contributed by atoms with Crippen molar-refractivity contribution in [3.8, 4) is 0 Å². The number of nitrogens with zero attached hydrogens (tertiary/aromatic N) is 1. The minimum atomic E-state index is 0.205. The molecule has 0 radical (unpaired) electrons. The lowest BCUT2D eigenvalue weighted by Crippen LogP contribution is -2.16. The molecule has 2 N–H and O–H groups in total. The molecule has 1 heterocycles. The molecule has 1 atom stereocenters. The standard InChI is InChI=1S/C9H13BrN2O/c1-7(3-5-13)12-9-2-4-11-6-8(9)10/h2,4,6-7,13H,3,5H2,1H3,(H,11,12). The van der Waals surface area contributed by atoms with Gasteiger partial charge in [0.2, 0.25) is 0 Å². The summed E-state index contributed by atoms with van der Waals surface area (Å²) in [5.74, 6) is 0. The number of aliphatic hydroxyl groups is 1. The Labute approximate surface area is 86.3 Å². The summed E-state index contributed by atoms with van der Waals surface area (Å²) in [6, 6.07) is 2.17. The highest BCUT2D eigenvalue weighted by Gasteiger charge is 2.03. The fourth-order valence-electron chi connectivity index (χ4n) is 1.02. The second-order valence-corrected chi connectivity index (χ2v) is 3.77. The number of aliphatic hydroxyl groups excluding tert-OH is 1. The first-order chi connectivity index (χ1) is 6.24. The average Bonchev–Trinajstić information content (AvgIpc) is 2.09. The molecule has 0 spiro atoms. The number of anilines is 1. The predicted molar refractivity (Wildman–Crippen MR) is 56.7 cm³/mol. The molecule has 1 rings (SSSR count). The van der Waals surface area contributed by atoms with E-state index in [4.69, 9.17) is 5.11 Å². The van der Waals surface area contributed by atoms with Crippen molar-refractivity contribution >= 4 is 21.6 Å². The number of rotatable bonds is 4. The van der Waals surface area contributed by atoms with Gasteiger partial charge in [0.15, 0.2) is 0 Å². The number of halogens is 1. The zero-order valence-corrected chi connectivity index (χ0v) is 9.08. The Morgan fingerprint density at radius 1 is 1.69 bits per heavy atom. The van der Waals surface area contributed by atoms with Crippen LogP contribution in [-0.4, -0.2) is 22.7 Å². The second-order valence-electron chi connectivity index (χ2n) is 2.91. The molecule has 0 aliphatic rings. The van der Waals surface area contributed by atoms with Crippen molar-refractivity contribution in [2.75, 3.05) is 11.9 Å². The molecule has 0 amide bonds. The highest BCUT2D eigenvalue weighted by molar-refractivity contribution is 9.10. The van der Waals surface area contributed by atoms with Crippen molar-refractivity contribution in [2.24, 2.45) is 0 Å². The Morgan fingerprint density at radius 2 is 2.46 bits per heavy atom. The maximum atomic E-state index is 8.72. The van der Waals surface area contributed by atoms with E-state index in [1.54, 1.807) is 12.4 Å². The van der Waals surface area contributed by atoms with E-state index in [1.165, 1.54) is 0 Å². The summed E-state index contributed by atoms with van der Waals surface area (Å²) >= 11 is 3.39. The van der Waals surface area contributed by atoms with Gasteiger partial charge in [-0.05, 0) is 35.3 Å². The van der Waals surface area contributed by atoms with Crippen LogP contribution in [0, 0.1) is 0 Å². The average molecular weight is 245 g/mol. The molecule has 1 aromatic rings. The molecule has 0 saturated carbocycles. The number of hydrogen-bond acceptors (Lipinski definition) is 3. The molecule has 0 aromatic carbocycles. The van der Waals surface area contributed by atoms with Crippen LogP contribution in [0.5, 0.6) is 0 Å². The third-order valence-corrected chi connectivity index (χ3v) is 2.37. The molecule has 0 aliphatic heterocycles. The zero-order chi connectivity index (χ0) is 9.68. The highest BCUT2D eigenvalue weighted by atomic mass is 79.9. The fraction of sp³-hybridized carbons (Fsp3) is 0.444. The van der Waals surface area contributed by atoms with Gasteiger partial charge in [0, 0.05) is 25.0 Å². The fourth-order valence-corrected chi connectivity index (χ4v) is 1.39. The lowest BCUT2D eigenvalue weighted by molar-refractivity contribution is 0.282. The number of aromatic nitrogens is 1. The van der Waals surface area contributed by atoms with Crippen LogP contribution >= 0.6 is 15.9 Å². The number of hydrogen-bond donors (Lipinski definition) is 2. The topological polar surface area (TPSA) is 45.1 Å². The van der Waals surface area contributed by atoms with Crippen LogP contribution in [0.1, 0.15) is 13.3 Å². The van der Waals surface area contributed by atoms with Crippen LogP contribution in [0.25, 0.3) is 0 Å². The molecule has 1 unspecified atom stereocenters. The minimum Gasteiger partial charge on any atom is -0.396 e. The summed E-state index contributed by atoms with van der Waals surface area (Å²) in [6.07, 6.45) is 4.22. The van der Waals surface area contributed by atoms with Gasteiger partial charge in [-0.1, -0.05) is 0 Å². The van der Waals surface area contributed by atoms with E-state index in [1.807, 2.05) is 13.0 Å². The molecule has 13 heavy (non-hydrogen) atoms. The quantitative estimate of drug-likeness (QED) is 0.853. The van der Waals surface area contributed by atoms with Gasteiger partial charge in [-0.25, -0.2) is 0 Å². The molecule has 3 nitrogen and oxygen atoms in total. The molecule has 1 aromatic heterocycles. The molecule has 72 valence electrons. The van der Waals surface area contributed by atoms with Gasteiger partial charge in [-0.15, -0.1) is 0 Å². The van der Waals surface area contributed by atoms with E-state index in [0.717, 1.165) is 16.6 Å². The predicted octanol–water partition coefficient (Wildman–Crippen LogP) is 2.03. The van der Waals surface area contributed by atoms with Crippen LogP contribution in [0.3, 0.4) is 0 Å². The van der Waals surface area contributed by atoms with Gasteiger partial charge in [0.25, 0.3) is 0 Å². The molecule has 0 fully saturated rings. The Hall–Kier alpha value is -0.610. The minimum absolute atomic E-state index is 0.205. The van der Waals surface area contributed by atoms with E-state index >= 15 is 0 Å². The van der Waals surface area contributed by atoms with E-state index in [-0.39, 0.29) is 12.6 Å². The summed E-state index contributed by atoms with van der Waals surface area (Å²) in [5.41, 5.74) is 1.01. The lowest BCUT2D eigenvalue weighted by atomic mass is 10.2. The van der Waals surface area contributed by atoms with Crippen LogP contribution in [0.2, 0.25) is 0 Å². The largest absolute Gasteiger partial charge is 0.396 e.